The summed E-state index contributed by atoms with van der Waals surface area (Å²) < 4.78 is 1.83. The van der Waals surface area contributed by atoms with Gasteiger partial charge in [0.1, 0.15) is 12.1 Å². The third-order valence-electron chi connectivity index (χ3n) is 6.61. The van der Waals surface area contributed by atoms with Crippen molar-refractivity contribution in [1.29, 1.82) is 0 Å². The number of aryl methyl sites for hydroxylation is 1. The molecule has 0 unspecified atom stereocenters. The predicted molar refractivity (Wildman–Crippen MR) is 90.2 cm³/mol. The van der Waals surface area contributed by atoms with Gasteiger partial charge in [-0.05, 0) is 61.7 Å². The van der Waals surface area contributed by atoms with Crippen LogP contribution in [0.2, 0.25) is 0 Å². The van der Waals surface area contributed by atoms with E-state index in [4.69, 9.17) is 0 Å². The Labute approximate surface area is 137 Å². The molecule has 4 fully saturated rings. The van der Waals surface area contributed by atoms with Crippen LogP contribution in [-0.4, -0.2) is 33.3 Å². The van der Waals surface area contributed by atoms with Crippen molar-refractivity contribution in [3.05, 3.63) is 12.5 Å². The minimum absolute atomic E-state index is 0.531. The van der Waals surface area contributed by atoms with Gasteiger partial charge in [-0.15, -0.1) is 0 Å². The molecule has 0 spiro atoms. The zero-order valence-electron chi connectivity index (χ0n) is 14.1. The largest absolute Gasteiger partial charge is 0.358 e. The van der Waals surface area contributed by atoms with Gasteiger partial charge in [-0.1, -0.05) is 0 Å². The SMILES string of the molecule is CN(CC12CC3CC(CC(C3)C1)C2)c1ncnc2c1cnn2C. The van der Waals surface area contributed by atoms with Crippen LogP contribution < -0.4 is 4.90 Å². The number of anilines is 1. The van der Waals surface area contributed by atoms with Gasteiger partial charge >= 0.3 is 0 Å². The van der Waals surface area contributed by atoms with Crippen LogP contribution in [0.1, 0.15) is 38.5 Å². The van der Waals surface area contributed by atoms with Gasteiger partial charge in [0.2, 0.25) is 0 Å². The summed E-state index contributed by atoms with van der Waals surface area (Å²) in [5.41, 5.74) is 1.45. The Kier molecular flexibility index (Phi) is 2.80. The van der Waals surface area contributed by atoms with Crippen LogP contribution in [0.5, 0.6) is 0 Å². The standard InChI is InChI=1S/C18H25N5/c1-22(16-15-9-21-23(2)17(15)20-11-19-16)10-18-6-12-3-13(7-18)5-14(4-12)8-18/h9,11-14H,3-8,10H2,1-2H3. The van der Waals surface area contributed by atoms with Crippen molar-refractivity contribution in [2.45, 2.75) is 38.5 Å². The summed E-state index contributed by atoms with van der Waals surface area (Å²) in [7, 11) is 4.14. The number of nitrogens with zero attached hydrogens (tertiary/aromatic N) is 5. The fourth-order valence-electron chi connectivity index (χ4n) is 6.32. The van der Waals surface area contributed by atoms with Gasteiger partial charge in [0.25, 0.3) is 0 Å². The summed E-state index contributed by atoms with van der Waals surface area (Å²) >= 11 is 0. The van der Waals surface area contributed by atoms with E-state index in [2.05, 4.69) is 27.0 Å². The van der Waals surface area contributed by atoms with Crippen molar-refractivity contribution < 1.29 is 0 Å². The Morgan fingerprint density at radius 2 is 1.78 bits per heavy atom. The molecule has 0 amide bonds. The van der Waals surface area contributed by atoms with Crippen molar-refractivity contribution in [3.8, 4) is 0 Å². The van der Waals surface area contributed by atoms with Crippen LogP contribution >= 0.6 is 0 Å². The fraction of sp³-hybridized carbons (Fsp3) is 0.722. The molecular weight excluding hydrogens is 286 g/mol. The number of aromatic nitrogens is 4. The van der Waals surface area contributed by atoms with E-state index >= 15 is 0 Å². The third kappa shape index (κ3) is 2.08. The molecule has 2 heterocycles. The van der Waals surface area contributed by atoms with Crippen molar-refractivity contribution >= 4 is 16.9 Å². The van der Waals surface area contributed by atoms with Crippen LogP contribution in [-0.2, 0) is 7.05 Å². The first-order valence-corrected chi connectivity index (χ1v) is 8.96. The van der Waals surface area contributed by atoms with Crippen molar-refractivity contribution in [2.24, 2.45) is 30.2 Å². The molecule has 2 aromatic heterocycles. The van der Waals surface area contributed by atoms with Gasteiger partial charge in [0, 0.05) is 20.6 Å². The Morgan fingerprint density at radius 1 is 1.13 bits per heavy atom. The molecule has 0 aliphatic heterocycles. The molecule has 4 saturated carbocycles. The highest BCUT2D eigenvalue weighted by molar-refractivity contribution is 5.86. The summed E-state index contributed by atoms with van der Waals surface area (Å²) in [4.78, 5) is 11.3. The molecule has 6 rings (SSSR count). The van der Waals surface area contributed by atoms with Gasteiger partial charge in [0.15, 0.2) is 5.65 Å². The molecule has 122 valence electrons. The summed E-state index contributed by atoms with van der Waals surface area (Å²) in [5, 5.41) is 5.42. The highest BCUT2D eigenvalue weighted by Crippen LogP contribution is 2.60. The molecular formula is C18H25N5. The molecule has 0 aromatic carbocycles. The monoisotopic (exact) mass is 311 g/mol. The number of rotatable bonds is 3. The minimum atomic E-state index is 0.531. The molecule has 5 nitrogen and oxygen atoms in total. The summed E-state index contributed by atoms with van der Waals surface area (Å²) in [6.45, 7) is 1.14. The maximum atomic E-state index is 4.58. The van der Waals surface area contributed by atoms with Crippen molar-refractivity contribution in [2.75, 3.05) is 18.5 Å². The van der Waals surface area contributed by atoms with E-state index in [0.717, 1.165) is 41.1 Å². The Morgan fingerprint density at radius 3 is 2.43 bits per heavy atom. The third-order valence-corrected chi connectivity index (χ3v) is 6.61. The first-order chi connectivity index (χ1) is 11.1. The summed E-state index contributed by atoms with van der Waals surface area (Å²) in [6.07, 6.45) is 12.4. The second-order valence-electron chi connectivity index (χ2n) is 8.48. The molecule has 4 bridgehead atoms. The normalized spacial score (nSPS) is 35.1. The quantitative estimate of drug-likeness (QED) is 0.874. The van der Waals surface area contributed by atoms with Crippen LogP contribution in [0, 0.1) is 23.2 Å². The zero-order chi connectivity index (χ0) is 15.6. The maximum Gasteiger partial charge on any atom is 0.163 e. The highest BCUT2D eigenvalue weighted by Gasteiger charge is 2.51. The number of fused-ring (bicyclic) bond motifs is 1. The molecule has 5 heteroatoms. The summed E-state index contributed by atoms with van der Waals surface area (Å²) in [6, 6.07) is 0. The smallest absolute Gasteiger partial charge is 0.163 e. The predicted octanol–water partition coefficient (Wildman–Crippen LogP) is 3.02. The van der Waals surface area contributed by atoms with E-state index in [1.807, 2.05) is 17.9 Å². The molecule has 0 saturated heterocycles. The second kappa shape index (κ2) is 4.68. The first kappa shape index (κ1) is 13.8. The van der Waals surface area contributed by atoms with Crippen LogP contribution in [0.25, 0.3) is 11.0 Å². The van der Waals surface area contributed by atoms with Gasteiger partial charge < -0.3 is 4.90 Å². The molecule has 4 aliphatic rings. The fourth-order valence-corrected chi connectivity index (χ4v) is 6.32. The lowest BCUT2D eigenvalue weighted by molar-refractivity contribution is -0.0472. The van der Waals surface area contributed by atoms with Crippen LogP contribution in [0.4, 0.5) is 5.82 Å². The van der Waals surface area contributed by atoms with Gasteiger partial charge in [0.05, 0.1) is 11.6 Å². The molecule has 0 N–H and O–H groups in total. The molecule has 23 heavy (non-hydrogen) atoms. The average molecular weight is 311 g/mol. The lowest BCUT2D eigenvalue weighted by atomic mass is 9.49. The zero-order valence-corrected chi connectivity index (χ0v) is 14.1. The average Bonchev–Trinajstić information content (AvgIpc) is 2.87. The van der Waals surface area contributed by atoms with Gasteiger partial charge in [-0.3, -0.25) is 4.68 Å². The Balaban J connectivity index is 1.46. The highest BCUT2D eigenvalue weighted by atomic mass is 15.3. The maximum absolute atomic E-state index is 4.58. The molecule has 0 radical (unpaired) electrons. The Hall–Kier alpha value is -1.65. The minimum Gasteiger partial charge on any atom is -0.358 e. The molecule has 4 aliphatic carbocycles. The Bertz CT molecular complexity index is 714. The summed E-state index contributed by atoms with van der Waals surface area (Å²) in [5.74, 6) is 4.04. The van der Waals surface area contributed by atoms with Gasteiger partial charge in [-0.2, -0.15) is 5.10 Å². The number of hydrogen-bond donors (Lipinski definition) is 0. The lowest BCUT2D eigenvalue weighted by Crippen LogP contribution is -2.50. The van der Waals surface area contributed by atoms with Crippen molar-refractivity contribution in [3.63, 3.8) is 0 Å². The topological polar surface area (TPSA) is 46.8 Å². The molecule has 2 aromatic rings. The van der Waals surface area contributed by atoms with E-state index in [0.29, 0.717) is 5.41 Å². The van der Waals surface area contributed by atoms with E-state index in [-0.39, 0.29) is 0 Å². The van der Waals surface area contributed by atoms with E-state index in [9.17, 15) is 0 Å². The number of hydrogen-bond acceptors (Lipinski definition) is 4. The van der Waals surface area contributed by atoms with Crippen LogP contribution in [0.15, 0.2) is 12.5 Å². The van der Waals surface area contributed by atoms with Crippen LogP contribution in [0.3, 0.4) is 0 Å². The second-order valence-corrected chi connectivity index (χ2v) is 8.48. The lowest BCUT2D eigenvalue weighted by Gasteiger charge is -2.57. The molecule has 0 atom stereocenters. The van der Waals surface area contributed by atoms with Gasteiger partial charge in [-0.25, -0.2) is 9.97 Å². The van der Waals surface area contributed by atoms with E-state index < -0.39 is 0 Å². The van der Waals surface area contributed by atoms with Crippen molar-refractivity contribution in [1.82, 2.24) is 19.7 Å². The van der Waals surface area contributed by atoms with E-state index in [1.165, 1.54) is 38.5 Å². The first-order valence-electron chi connectivity index (χ1n) is 8.96. The van der Waals surface area contributed by atoms with E-state index in [1.54, 1.807) is 6.33 Å².